The van der Waals surface area contributed by atoms with Gasteiger partial charge in [0.15, 0.2) is 0 Å². The van der Waals surface area contributed by atoms with Crippen molar-refractivity contribution in [3.05, 3.63) is 71.5 Å². The average molecular weight is 366 g/mol. The molecule has 0 aromatic heterocycles. The highest BCUT2D eigenvalue weighted by Crippen LogP contribution is 2.26. The van der Waals surface area contributed by atoms with Gasteiger partial charge in [0.1, 0.15) is 5.82 Å². The molecular weight excluding hydrogens is 349 g/mol. The Morgan fingerprint density at radius 2 is 1.65 bits per heavy atom. The fourth-order valence-corrected chi connectivity index (χ4v) is 2.38. The predicted octanol–water partition coefficient (Wildman–Crippen LogP) is 2.40. The molecule has 0 heterocycles. The topological polar surface area (TPSA) is 83.6 Å². The lowest BCUT2D eigenvalue weighted by molar-refractivity contribution is -0.203. The second kappa shape index (κ2) is 8.01. The van der Waals surface area contributed by atoms with Crippen molar-refractivity contribution < 1.29 is 28.0 Å². The van der Waals surface area contributed by atoms with Crippen LogP contribution in [0.2, 0.25) is 0 Å². The summed E-state index contributed by atoms with van der Waals surface area (Å²) in [4.78, 5) is 23.4. The third-order valence-corrected chi connectivity index (χ3v) is 3.80. The zero-order valence-corrected chi connectivity index (χ0v) is 13.6. The van der Waals surface area contributed by atoms with Crippen LogP contribution in [0.4, 0.5) is 13.3 Å². The number of hydrogen-bond acceptors (Lipinski definition) is 3. The maximum atomic E-state index is 14.8. The summed E-state index contributed by atoms with van der Waals surface area (Å²) in [5.74, 6) is -7.97. The molecule has 2 aromatic rings. The minimum absolute atomic E-state index is 0.00313. The number of hydrogen-bond donors (Lipinski definition) is 2. The number of rotatable bonds is 7. The molecule has 0 aliphatic heterocycles. The van der Waals surface area contributed by atoms with E-state index in [4.69, 9.17) is 10.8 Å². The van der Waals surface area contributed by atoms with Crippen LogP contribution < -0.4 is 5.73 Å². The van der Waals surface area contributed by atoms with Crippen molar-refractivity contribution in [2.24, 2.45) is 5.73 Å². The maximum Gasteiger partial charge on any atom is 0.365 e. The SMILES string of the molecule is N[C@@H](Cc1ccccc1)C(=O)N(F)[C@@](F)(Cc1ccc(F)cc1)C(=O)O. The molecule has 0 unspecified atom stereocenters. The number of amides is 1. The molecule has 0 spiro atoms. The van der Waals surface area contributed by atoms with Gasteiger partial charge in [0, 0.05) is 6.42 Å². The van der Waals surface area contributed by atoms with Crippen LogP contribution in [0.15, 0.2) is 54.6 Å². The normalized spacial score (nSPS) is 14.3. The number of carbonyl (C=O) groups excluding carboxylic acids is 1. The van der Waals surface area contributed by atoms with Crippen molar-refractivity contribution in [3.8, 4) is 0 Å². The molecule has 26 heavy (non-hydrogen) atoms. The Balaban J connectivity index is 2.17. The molecule has 1 amide bonds. The Morgan fingerprint density at radius 1 is 1.08 bits per heavy atom. The fourth-order valence-electron chi connectivity index (χ4n) is 2.38. The summed E-state index contributed by atoms with van der Waals surface area (Å²) < 4.78 is 42.1. The Labute approximate surface area is 147 Å². The van der Waals surface area contributed by atoms with Crippen molar-refractivity contribution in [2.45, 2.75) is 24.7 Å². The summed E-state index contributed by atoms with van der Waals surface area (Å²) in [5, 5.41) is 8.12. The van der Waals surface area contributed by atoms with Crippen LogP contribution in [-0.4, -0.2) is 33.9 Å². The van der Waals surface area contributed by atoms with E-state index in [1.165, 1.54) is 0 Å². The van der Waals surface area contributed by atoms with E-state index in [0.717, 1.165) is 24.3 Å². The highest BCUT2D eigenvalue weighted by molar-refractivity contribution is 5.88. The molecule has 5 nitrogen and oxygen atoms in total. The highest BCUT2D eigenvalue weighted by Gasteiger charge is 2.50. The second-order valence-corrected chi connectivity index (χ2v) is 5.78. The molecule has 0 aliphatic carbocycles. The van der Waals surface area contributed by atoms with Gasteiger partial charge in [0.05, 0.1) is 6.04 Å². The van der Waals surface area contributed by atoms with Crippen LogP contribution in [-0.2, 0) is 22.4 Å². The zero-order chi connectivity index (χ0) is 19.3. The van der Waals surface area contributed by atoms with E-state index in [0.29, 0.717) is 5.56 Å². The van der Waals surface area contributed by atoms with Gasteiger partial charge in [-0.15, -0.1) is 5.12 Å². The molecular formula is C18H17F3N2O3. The van der Waals surface area contributed by atoms with Gasteiger partial charge >= 0.3 is 11.8 Å². The lowest BCUT2D eigenvalue weighted by Gasteiger charge is -2.28. The molecule has 2 rings (SSSR count). The Morgan fingerprint density at radius 3 is 2.19 bits per heavy atom. The number of carboxylic acids is 1. The van der Waals surface area contributed by atoms with Crippen LogP contribution in [0.3, 0.4) is 0 Å². The van der Waals surface area contributed by atoms with E-state index in [-0.39, 0.29) is 12.0 Å². The van der Waals surface area contributed by atoms with Crippen molar-refractivity contribution in [3.63, 3.8) is 0 Å². The molecule has 0 bridgehead atoms. The minimum atomic E-state index is -3.66. The van der Waals surface area contributed by atoms with Crippen LogP contribution in [0.1, 0.15) is 11.1 Å². The predicted molar refractivity (Wildman–Crippen MR) is 87.7 cm³/mol. The summed E-state index contributed by atoms with van der Waals surface area (Å²) in [6.45, 7) is 0. The van der Waals surface area contributed by atoms with Gasteiger partial charge in [-0.25, -0.2) is 13.6 Å². The van der Waals surface area contributed by atoms with Gasteiger partial charge < -0.3 is 10.8 Å². The summed E-state index contributed by atoms with van der Waals surface area (Å²) in [6, 6.07) is 11.1. The van der Waals surface area contributed by atoms with Gasteiger partial charge in [0.2, 0.25) is 0 Å². The molecule has 2 aromatic carbocycles. The Kier molecular flexibility index (Phi) is 5.99. The van der Waals surface area contributed by atoms with E-state index in [9.17, 15) is 22.9 Å². The number of alkyl halides is 1. The summed E-state index contributed by atoms with van der Waals surface area (Å²) >= 11 is 0. The Hall–Kier alpha value is -2.87. The smallest absolute Gasteiger partial charge is 0.365 e. The first kappa shape index (κ1) is 19.5. The van der Waals surface area contributed by atoms with E-state index < -0.39 is 41.1 Å². The van der Waals surface area contributed by atoms with E-state index >= 15 is 0 Å². The first-order chi connectivity index (χ1) is 12.2. The first-order valence-corrected chi connectivity index (χ1v) is 7.70. The van der Waals surface area contributed by atoms with Crippen LogP contribution in [0, 0.1) is 5.82 Å². The van der Waals surface area contributed by atoms with Gasteiger partial charge in [0.25, 0.3) is 5.91 Å². The van der Waals surface area contributed by atoms with Crippen LogP contribution in [0.5, 0.6) is 0 Å². The van der Waals surface area contributed by atoms with Crippen LogP contribution >= 0.6 is 0 Å². The van der Waals surface area contributed by atoms with E-state index in [2.05, 4.69) is 0 Å². The van der Waals surface area contributed by atoms with Gasteiger partial charge in [-0.2, -0.15) is 0 Å². The minimum Gasteiger partial charge on any atom is -0.477 e. The van der Waals surface area contributed by atoms with Crippen molar-refractivity contribution in [2.75, 3.05) is 0 Å². The molecule has 0 saturated heterocycles. The third kappa shape index (κ3) is 4.40. The summed E-state index contributed by atoms with van der Waals surface area (Å²) in [5.41, 5.74) is 6.23. The van der Waals surface area contributed by atoms with Gasteiger partial charge in [-0.05, 0) is 29.7 Å². The summed E-state index contributed by atoms with van der Waals surface area (Å²) in [7, 11) is 0. The standard InChI is InChI=1S/C18H17F3N2O3/c19-14-8-6-13(7-9-14)11-18(20,17(25)26)23(21)16(24)15(22)10-12-4-2-1-3-5-12/h1-9,15H,10-11,22H2,(H,25,26)/t15-,18-/m0/s1. The number of aliphatic carboxylic acids is 1. The van der Waals surface area contributed by atoms with Crippen molar-refractivity contribution in [1.82, 2.24) is 5.12 Å². The third-order valence-electron chi connectivity index (χ3n) is 3.80. The van der Waals surface area contributed by atoms with Gasteiger partial charge in [-0.3, -0.25) is 4.79 Å². The largest absolute Gasteiger partial charge is 0.477 e. The Bertz CT molecular complexity index is 771. The molecule has 0 saturated carbocycles. The molecule has 3 N–H and O–H groups in total. The van der Waals surface area contributed by atoms with Gasteiger partial charge in [-0.1, -0.05) is 46.9 Å². The number of nitrogens with two attached hydrogens (primary N) is 1. The molecule has 0 radical (unpaired) electrons. The number of carbonyl (C=O) groups is 2. The number of nitrogens with zero attached hydrogens (tertiary/aromatic N) is 1. The molecule has 138 valence electrons. The average Bonchev–Trinajstić information content (AvgIpc) is 2.63. The highest BCUT2D eigenvalue weighted by atomic mass is 19.2. The first-order valence-electron chi connectivity index (χ1n) is 7.70. The molecule has 2 atom stereocenters. The van der Waals surface area contributed by atoms with Crippen LogP contribution in [0.25, 0.3) is 0 Å². The van der Waals surface area contributed by atoms with E-state index in [1.807, 2.05) is 0 Å². The monoisotopic (exact) mass is 366 g/mol. The second-order valence-electron chi connectivity index (χ2n) is 5.78. The van der Waals surface area contributed by atoms with Crippen molar-refractivity contribution >= 4 is 11.9 Å². The lowest BCUT2D eigenvalue weighted by Crippen LogP contribution is -2.56. The molecule has 0 aliphatic rings. The number of benzene rings is 2. The summed E-state index contributed by atoms with van der Waals surface area (Å²) in [6.07, 6.45) is -1.09. The fraction of sp³-hybridized carbons (Fsp3) is 0.222. The van der Waals surface area contributed by atoms with E-state index in [1.54, 1.807) is 30.3 Å². The zero-order valence-electron chi connectivity index (χ0n) is 13.6. The quantitative estimate of drug-likeness (QED) is 0.582. The molecule has 8 heteroatoms. The lowest BCUT2D eigenvalue weighted by atomic mass is 10.0. The number of carboxylic acid groups (broad SMARTS) is 1. The molecule has 0 fully saturated rings. The number of halogens is 3. The van der Waals surface area contributed by atoms with Crippen molar-refractivity contribution in [1.29, 1.82) is 0 Å². The maximum absolute atomic E-state index is 14.8.